The van der Waals surface area contributed by atoms with Gasteiger partial charge in [0, 0.05) is 0 Å². The summed E-state index contributed by atoms with van der Waals surface area (Å²) < 4.78 is 6.64. The van der Waals surface area contributed by atoms with Crippen LogP contribution >= 0.6 is 0 Å². The molecule has 1 N–H and O–H groups in total. The molecule has 0 amide bonds. The van der Waals surface area contributed by atoms with E-state index in [9.17, 15) is 10.1 Å². The molecule has 1 aromatic rings. The molecule has 4 rings (SSSR count). The van der Waals surface area contributed by atoms with Crippen LogP contribution in [-0.4, -0.2) is 33.1 Å². The number of carbonyl (C=O) groups is 1. The summed E-state index contributed by atoms with van der Waals surface area (Å²) in [6.45, 7) is 2.45. The Kier molecular flexibility index (Phi) is 5.47. The Labute approximate surface area is 173 Å². The van der Waals surface area contributed by atoms with Crippen molar-refractivity contribution in [2.75, 3.05) is 7.11 Å². The van der Waals surface area contributed by atoms with Crippen LogP contribution in [0.3, 0.4) is 0 Å². The molecule has 2 fully saturated rings. The van der Waals surface area contributed by atoms with Crippen LogP contribution in [-0.2, 0) is 11.2 Å². The van der Waals surface area contributed by atoms with E-state index in [1.807, 2.05) is 0 Å². The van der Waals surface area contributed by atoms with Gasteiger partial charge in [0.05, 0.1) is 0 Å². The quantitative estimate of drug-likeness (QED) is 0.698. The van der Waals surface area contributed by atoms with Gasteiger partial charge in [-0.15, -0.1) is 0 Å². The number of rotatable bonds is 5. The molecule has 2 saturated carbocycles. The Morgan fingerprint density at radius 2 is 2.18 bits per heavy atom. The molecule has 5 heteroatoms. The topological polar surface area (TPSA) is 70.3 Å². The molecule has 0 aliphatic heterocycles. The first kappa shape index (κ1) is 19.8. The van der Waals surface area contributed by atoms with E-state index in [1.165, 1.54) is 43.2 Å². The molecule has 28 heavy (non-hydrogen) atoms. The third-order valence-electron chi connectivity index (χ3n) is 8.07. The Balaban J connectivity index is 1.61. The van der Waals surface area contributed by atoms with Crippen LogP contribution in [0.4, 0.5) is 0 Å². The minimum atomic E-state index is -0.659. The number of fused-ring (bicyclic) bond motifs is 5. The Morgan fingerprint density at radius 1 is 1.36 bits per heavy atom. The summed E-state index contributed by atoms with van der Waals surface area (Å²) in [5, 5.41) is 18.4. The summed E-state index contributed by atoms with van der Waals surface area (Å²) in [6, 6.07) is 4.48. The Hall–Kier alpha value is -1.50. The molecular weight excluding hydrogens is 417 g/mol. The van der Waals surface area contributed by atoms with Gasteiger partial charge in [0.2, 0.25) is 0 Å². The van der Waals surface area contributed by atoms with Crippen molar-refractivity contribution in [3.05, 3.63) is 23.3 Å². The van der Waals surface area contributed by atoms with Crippen LogP contribution in [0.15, 0.2) is 12.1 Å². The summed E-state index contributed by atoms with van der Waals surface area (Å²) in [6.07, 6.45) is 8.31. The summed E-state index contributed by atoms with van der Waals surface area (Å²) in [7, 11) is 1.70. The zero-order valence-electron chi connectivity index (χ0n) is 16.7. The molecule has 4 nitrogen and oxygen atoms in total. The van der Waals surface area contributed by atoms with Crippen molar-refractivity contribution in [1.82, 2.24) is 0 Å². The second-order valence-electron chi connectivity index (χ2n) is 9.06. The van der Waals surface area contributed by atoms with Crippen molar-refractivity contribution >= 4 is 25.4 Å². The molecule has 0 bridgehead atoms. The molecular formula is C23H29NO3Se. The van der Waals surface area contributed by atoms with Crippen molar-refractivity contribution in [3.8, 4) is 10.7 Å². The fourth-order valence-electron chi connectivity index (χ4n) is 6.75. The van der Waals surface area contributed by atoms with Gasteiger partial charge in [-0.25, -0.2) is 0 Å². The van der Waals surface area contributed by atoms with Gasteiger partial charge in [0.1, 0.15) is 0 Å². The molecule has 150 valence electrons. The van der Waals surface area contributed by atoms with E-state index in [-0.39, 0.29) is 15.0 Å². The van der Waals surface area contributed by atoms with E-state index in [4.69, 9.17) is 9.84 Å². The van der Waals surface area contributed by atoms with Crippen molar-refractivity contribution in [3.63, 3.8) is 0 Å². The van der Waals surface area contributed by atoms with E-state index >= 15 is 0 Å². The number of benzene rings is 1. The van der Waals surface area contributed by atoms with Crippen LogP contribution in [0, 0.1) is 33.4 Å². The van der Waals surface area contributed by atoms with E-state index in [1.54, 1.807) is 7.11 Å². The normalized spacial score (nSPS) is 33.3. The number of hydrogen-bond donors (Lipinski definition) is 1. The second-order valence-corrected chi connectivity index (χ2v) is 10.8. The zero-order valence-corrected chi connectivity index (χ0v) is 18.5. The van der Waals surface area contributed by atoms with Crippen LogP contribution in [0.25, 0.3) is 0 Å². The Bertz CT molecular complexity index is 817. The maximum absolute atomic E-state index is 11.1. The molecule has 0 radical (unpaired) electrons. The molecule has 3 aliphatic rings. The maximum atomic E-state index is 11.1. The van der Waals surface area contributed by atoms with Gasteiger partial charge in [0.25, 0.3) is 0 Å². The minimum absolute atomic E-state index is 0.203. The molecule has 0 heterocycles. The molecule has 0 saturated heterocycles. The standard InChI is InChI=1S/C23H29NO3Se/c1-23-10-9-16-17(19(23)7-4-15(23)5-8-22(25)26)6-3-14-11-20(27-2)21(28-13-24)12-18(14)16/h11-12,15-17,19H,3-10H2,1-2H3,(H,25,26)/t15?,16-,17+,19-,23+/m0/s1. The molecule has 1 unspecified atom stereocenters. The van der Waals surface area contributed by atoms with Crippen LogP contribution in [0.5, 0.6) is 5.75 Å². The summed E-state index contributed by atoms with van der Waals surface area (Å²) in [4.78, 5) is 13.4. The van der Waals surface area contributed by atoms with Crippen molar-refractivity contribution < 1.29 is 14.6 Å². The molecule has 0 aromatic heterocycles. The summed E-state index contributed by atoms with van der Waals surface area (Å²) in [5.41, 5.74) is 3.19. The molecule has 3 aliphatic carbocycles. The predicted molar refractivity (Wildman–Crippen MR) is 109 cm³/mol. The van der Waals surface area contributed by atoms with Crippen LogP contribution in [0.1, 0.15) is 68.9 Å². The van der Waals surface area contributed by atoms with Gasteiger partial charge in [-0.3, -0.25) is 0 Å². The van der Waals surface area contributed by atoms with E-state index in [2.05, 4.69) is 24.0 Å². The van der Waals surface area contributed by atoms with Gasteiger partial charge < -0.3 is 0 Å². The number of nitriles is 1. The number of nitrogens with zero attached hydrogens (tertiary/aromatic N) is 1. The summed E-state index contributed by atoms with van der Waals surface area (Å²) in [5.74, 6) is 2.80. The number of carboxylic acid groups (broad SMARTS) is 1. The number of hydrogen-bond acceptors (Lipinski definition) is 3. The predicted octanol–water partition coefficient (Wildman–Crippen LogP) is 3.84. The number of ether oxygens (including phenoxy) is 1. The van der Waals surface area contributed by atoms with Gasteiger partial charge in [-0.1, -0.05) is 0 Å². The van der Waals surface area contributed by atoms with Crippen molar-refractivity contribution in [2.24, 2.45) is 23.2 Å². The molecule has 0 spiro atoms. The number of carboxylic acids is 1. The molecule has 1 aromatic carbocycles. The molecule has 5 atom stereocenters. The first-order valence-corrected chi connectivity index (χ1v) is 12.2. The second kappa shape index (κ2) is 7.73. The third kappa shape index (κ3) is 3.25. The SMILES string of the molecule is COc1cc2c(cc1[Se]C#N)[C@H]1CC[C@]3(C)C(CCC(=O)O)CC[C@H]3[C@@H]1CC2. The number of methoxy groups -OCH3 is 1. The Morgan fingerprint density at radius 3 is 2.89 bits per heavy atom. The van der Waals surface area contributed by atoms with E-state index < -0.39 is 5.97 Å². The fraction of sp³-hybridized carbons (Fsp3) is 0.652. The van der Waals surface area contributed by atoms with Crippen LogP contribution in [0.2, 0.25) is 0 Å². The zero-order chi connectivity index (χ0) is 19.9. The van der Waals surface area contributed by atoms with E-state index in [0.717, 1.165) is 23.1 Å². The van der Waals surface area contributed by atoms with Gasteiger partial charge in [-0.05, 0) is 0 Å². The third-order valence-corrected chi connectivity index (χ3v) is 9.39. The number of aliphatic carboxylic acids is 1. The van der Waals surface area contributed by atoms with Gasteiger partial charge in [-0.2, -0.15) is 0 Å². The first-order chi connectivity index (χ1) is 13.5. The summed E-state index contributed by atoms with van der Waals surface area (Å²) >= 11 is -0.203. The average Bonchev–Trinajstić information content (AvgIpc) is 3.02. The fourth-order valence-corrected chi connectivity index (χ4v) is 7.85. The van der Waals surface area contributed by atoms with Crippen LogP contribution < -0.4 is 9.20 Å². The van der Waals surface area contributed by atoms with Crippen molar-refractivity contribution in [2.45, 2.75) is 64.2 Å². The van der Waals surface area contributed by atoms with Gasteiger partial charge in [0.15, 0.2) is 0 Å². The van der Waals surface area contributed by atoms with Gasteiger partial charge >= 0.3 is 174 Å². The average molecular weight is 446 g/mol. The monoisotopic (exact) mass is 447 g/mol. The van der Waals surface area contributed by atoms with E-state index in [0.29, 0.717) is 35.5 Å². The number of aryl methyl sites for hydroxylation is 1. The van der Waals surface area contributed by atoms with Crippen molar-refractivity contribution in [1.29, 1.82) is 5.26 Å². The first-order valence-electron chi connectivity index (χ1n) is 10.5.